The summed E-state index contributed by atoms with van der Waals surface area (Å²) in [7, 11) is 0. The molecule has 0 spiro atoms. The summed E-state index contributed by atoms with van der Waals surface area (Å²) in [6, 6.07) is 7.62. The number of oxime groups is 1. The molecule has 0 radical (unpaired) electrons. The van der Waals surface area contributed by atoms with Gasteiger partial charge in [0.15, 0.2) is 0 Å². The highest BCUT2D eigenvalue weighted by molar-refractivity contribution is 5.85. The van der Waals surface area contributed by atoms with Gasteiger partial charge in [-0.25, -0.2) is 0 Å². The van der Waals surface area contributed by atoms with Crippen LogP contribution in [0.25, 0.3) is 0 Å². The summed E-state index contributed by atoms with van der Waals surface area (Å²) in [5.41, 5.74) is 5.32. The highest BCUT2D eigenvalue weighted by atomic mass is 16.5. The van der Waals surface area contributed by atoms with Crippen LogP contribution in [0, 0.1) is 5.41 Å². The number of benzene rings is 1. The topological polar surface area (TPSA) is 77.1 Å². The summed E-state index contributed by atoms with van der Waals surface area (Å²) in [6.07, 6.45) is 2.62. The number of ether oxygens (including phenoxy) is 2. The van der Waals surface area contributed by atoms with Crippen LogP contribution in [0.15, 0.2) is 29.4 Å². The van der Waals surface area contributed by atoms with Crippen LogP contribution in [0.3, 0.4) is 0 Å². The maximum absolute atomic E-state index is 8.71. The van der Waals surface area contributed by atoms with E-state index >= 15 is 0 Å². The SMILES string of the molecule is CCCOc1ccc(OCCCC(C)(C)C(N)=NO)cc1. The van der Waals surface area contributed by atoms with Crippen molar-refractivity contribution in [1.29, 1.82) is 0 Å². The van der Waals surface area contributed by atoms with Gasteiger partial charge in [-0.3, -0.25) is 0 Å². The number of nitrogens with two attached hydrogens (primary N) is 1. The van der Waals surface area contributed by atoms with Crippen LogP contribution in [-0.4, -0.2) is 24.3 Å². The van der Waals surface area contributed by atoms with Crippen LogP contribution >= 0.6 is 0 Å². The summed E-state index contributed by atoms with van der Waals surface area (Å²) >= 11 is 0. The van der Waals surface area contributed by atoms with Crippen molar-refractivity contribution in [3.8, 4) is 11.5 Å². The third-order valence-electron chi connectivity index (χ3n) is 3.31. The molecular formula is C16H26N2O3. The zero-order chi connectivity index (χ0) is 15.7. The Bertz CT molecular complexity index is 441. The lowest BCUT2D eigenvalue weighted by molar-refractivity contribution is 0.276. The van der Waals surface area contributed by atoms with E-state index in [1.165, 1.54) is 0 Å². The molecule has 0 aliphatic carbocycles. The maximum atomic E-state index is 8.71. The van der Waals surface area contributed by atoms with E-state index in [4.69, 9.17) is 20.4 Å². The van der Waals surface area contributed by atoms with Crippen molar-refractivity contribution in [1.82, 2.24) is 0 Å². The van der Waals surface area contributed by atoms with Gasteiger partial charge in [-0.05, 0) is 43.5 Å². The third-order valence-corrected chi connectivity index (χ3v) is 3.31. The summed E-state index contributed by atoms with van der Waals surface area (Å²) in [5.74, 6) is 1.93. The Labute approximate surface area is 126 Å². The van der Waals surface area contributed by atoms with E-state index in [-0.39, 0.29) is 11.3 Å². The fraction of sp³-hybridized carbons (Fsp3) is 0.562. The summed E-state index contributed by atoms with van der Waals surface area (Å²) < 4.78 is 11.2. The van der Waals surface area contributed by atoms with Crippen molar-refractivity contribution < 1.29 is 14.7 Å². The molecule has 0 aliphatic rings. The Morgan fingerprint density at radius 3 is 2.14 bits per heavy atom. The molecule has 0 bridgehead atoms. The highest BCUT2D eigenvalue weighted by Gasteiger charge is 2.22. The lowest BCUT2D eigenvalue weighted by Crippen LogP contribution is -2.32. The highest BCUT2D eigenvalue weighted by Crippen LogP contribution is 2.23. The molecule has 3 N–H and O–H groups in total. The molecular weight excluding hydrogens is 268 g/mol. The predicted octanol–water partition coefficient (Wildman–Crippen LogP) is 3.41. The van der Waals surface area contributed by atoms with Gasteiger partial charge in [0.25, 0.3) is 0 Å². The maximum Gasteiger partial charge on any atom is 0.144 e. The molecule has 0 saturated carbocycles. The van der Waals surface area contributed by atoms with Crippen molar-refractivity contribution in [2.75, 3.05) is 13.2 Å². The average molecular weight is 294 g/mol. The zero-order valence-corrected chi connectivity index (χ0v) is 13.1. The third kappa shape index (κ3) is 5.94. The number of rotatable bonds is 9. The fourth-order valence-corrected chi connectivity index (χ4v) is 1.82. The van der Waals surface area contributed by atoms with Gasteiger partial charge in [-0.2, -0.15) is 0 Å². The Kier molecular flexibility index (Phi) is 6.85. The van der Waals surface area contributed by atoms with Crippen LogP contribution < -0.4 is 15.2 Å². The van der Waals surface area contributed by atoms with Crippen LogP contribution in [0.2, 0.25) is 0 Å². The number of amidine groups is 1. The molecule has 21 heavy (non-hydrogen) atoms. The van der Waals surface area contributed by atoms with Gasteiger partial charge >= 0.3 is 0 Å². The van der Waals surface area contributed by atoms with Crippen molar-refractivity contribution in [3.05, 3.63) is 24.3 Å². The summed E-state index contributed by atoms with van der Waals surface area (Å²) in [5, 5.41) is 11.8. The van der Waals surface area contributed by atoms with Crippen LogP contribution in [0.5, 0.6) is 11.5 Å². The largest absolute Gasteiger partial charge is 0.494 e. The average Bonchev–Trinajstić information content (AvgIpc) is 2.49. The molecule has 0 aliphatic heterocycles. The monoisotopic (exact) mass is 294 g/mol. The van der Waals surface area contributed by atoms with E-state index in [0.717, 1.165) is 37.4 Å². The van der Waals surface area contributed by atoms with E-state index in [2.05, 4.69) is 12.1 Å². The van der Waals surface area contributed by atoms with Crippen molar-refractivity contribution in [3.63, 3.8) is 0 Å². The second-order valence-electron chi connectivity index (χ2n) is 5.64. The van der Waals surface area contributed by atoms with Crippen LogP contribution in [-0.2, 0) is 0 Å². The molecule has 0 saturated heterocycles. The Balaban J connectivity index is 2.33. The second kappa shape index (κ2) is 8.39. The van der Waals surface area contributed by atoms with E-state index in [9.17, 15) is 0 Å². The quantitative estimate of drug-likeness (QED) is 0.240. The second-order valence-corrected chi connectivity index (χ2v) is 5.64. The molecule has 0 heterocycles. The van der Waals surface area contributed by atoms with Crippen molar-refractivity contribution in [2.45, 2.75) is 40.0 Å². The van der Waals surface area contributed by atoms with Gasteiger partial charge in [0.05, 0.1) is 13.2 Å². The molecule has 1 rings (SSSR count). The smallest absolute Gasteiger partial charge is 0.144 e. The molecule has 118 valence electrons. The number of nitrogens with zero attached hydrogens (tertiary/aromatic N) is 1. The lowest BCUT2D eigenvalue weighted by atomic mass is 9.87. The first-order valence-corrected chi connectivity index (χ1v) is 7.33. The molecule has 1 aromatic rings. The molecule has 0 unspecified atom stereocenters. The molecule has 1 aromatic carbocycles. The Morgan fingerprint density at radius 2 is 1.67 bits per heavy atom. The van der Waals surface area contributed by atoms with Gasteiger partial charge in [-0.15, -0.1) is 0 Å². The van der Waals surface area contributed by atoms with Gasteiger partial charge in [0.1, 0.15) is 17.3 Å². The van der Waals surface area contributed by atoms with E-state index in [1.54, 1.807) is 0 Å². The Hall–Kier alpha value is -1.91. The van der Waals surface area contributed by atoms with Gasteiger partial charge in [-0.1, -0.05) is 25.9 Å². The molecule has 5 nitrogen and oxygen atoms in total. The standard InChI is InChI=1S/C16H26N2O3/c1-4-11-20-13-6-8-14(9-7-13)21-12-5-10-16(2,3)15(17)18-19/h6-9,19H,4-5,10-12H2,1-3H3,(H2,17,18). The van der Waals surface area contributed by atoms with E-state index in [0.29, 0.717) is 6.61 Å². The van der Waals surface area contributed by atoms with Crippen molar-refractivity contribution >= 4 is 5.84 Å². The number of hydrogen-bond acceptors (Lipinski definition) is 4. The first-order valence-electron chi connectivity index (χ1n) is 7.33. The van der Waals surface area contributed by atoms with Crippen molar-refractivity contribution in [2.24, 2.45) is 16.3 Å². The van der Waals surface area contributed by atoms with Gasteiger partial charge in [0, 0.05) is 5.41 Å². The minimum Gasteiger partial charge on any atom is -0.494 e. The van der Waals surface area contributed by atoms with E-state index in [1.807, 2.05) is 38.1 Å². The lowest BCUT2D eigenvalue weighted by Gasteiger charge is -2.22. The molecule has 0 aromatic heterocycles. The normalized spacial score (nSPS) is 12.2. The van der Waals surface area contributed by atoms with Crippen LogP contribution in [0.1, 0.15) is 40.0 Å². The molecule has 0 amide bonds. The first-order chi connectivity index (χ1) is 9.99. The van der Waals surface area contributed by atoms with Crippen LogP contribution in [0.4, 0.5) is 0 Å². The summed E-state index contributed by atoms with van der Waals surface area (Å²) in [6.45, 7) is 7.29. The van der Waals surface area contributed by atoms with E-state index < -0.39 is 0 Å². The zero-order valence-electron chi connectivity index (χ0n) is 13.1. The predicted molar refractivity (Wildman–Crippen MR) is 84.1 cm³/mol. The molecule has 0 fully saturated rings. The number of hydrogen-bond donors (Lipinski definition) is 2. The molecule has 5 heteroatoms. The first kappa shape index (κ1) is 17.1. The molecule has 0 atom stereocenters. The van der Waals surface area contributed by atoms with Gasteiger partial charge < -0.3 is 20.4 Å². The fourth-order valence-electron chi connectivity index (χ4n) is 1.82. The van der Waals surface area contributed by atoms with Gasteiger partial charge in [0.2, 0.25) is 0 Å². The minimum absolute atomic E-state index is 0.250. The summed E-state index contributed by atoms with van der Waals surface area (Å²) in [4.78, 5) is 0. The Morgan fingerprint density at radius 1 is 1.14 bits per heavy atom. The minimum atomic E-state index is -0.323.